The van der Waals surface area contributed by atoms with Crippen molar-refractivity contribution in [3.05, 3.63) is 84.1 Å². The zero-order valence-corrected chi connectivity index (χ0v) is 13.0. The third-order valence-electron chi connectivity index (χ3n) is 4.12. The van der Waals surface area contributed by atoms with Crippen LogP contribution in [0.2, 0.25) is 0 Å². The largest absolute Gasteiger partial charge is 0.296 e. The van der Waals surface area contributed by atoms with Crippen molar-refractivity contribution >= 4 is 17.1 Å². The molecule has 3 aromatic carbocycles. The van der Waals surface area contributed by atoms with Gasteiger partial charge in [-0.15, -0.1) is 5.10 Å². The maximum absolute atomic E-state index is 11.4. The van der Waals surface area contributed by atoms with Crippen molar-refractivity contribution in [3.8, 4) is 11.3 Å². The lowest BCUT2D eigenvalue weighted by Crippen LogP contribution is -2.05. The molecule has 4 rings (SSSR count). The first-order chi connectivity index (χ1) is 11.9. The molecule has 0 bridgehead atoms. The van der Waals surface area contributed by atoms with Gasteiger partial charge >= 0.3 is 0 Å². The van der Waals surface area contributed by atoms with Crippen LogP contribution in [0.5, 0.6) is 0 Å². The van der Waals surface area contributed by atoms with E-state index >= 15 is 0 Å². The molecule has 0 amide bonds. The Kier molecular flexibility index (Phi) is 3.63. The van der Waals surface area contributed by atoms with E-state index in [4.69, 9.17) is 0 Å². The summed E-state index contributed by atoms with van der Waals surface area (Å²) in [5.41, 5.74) is 3.19. The molecule has 0 spiro atoms. The highest BCUT2D eigenvalue weighted by Crippen LogP contribution is 2.24. The molecule has 0 fully saturated rings. The van der Waals surface area contributed by atoms with Crippen molar-refractivity contribution in [2.45, 2.75) is 6.54 Å². The van der Waals surface area contributed by atoms with Crippen molar-refractivity contribution in [3.63, 3.8) is 0 Å². The number of aromatic nitrogens is 3. The molecule has 24 heavy (non-hydrogen) atoms. The molecular weight excluding hydrogens is 298 g/mol. The lowest BCUT2D eigenvalue weighted by molar-refractivity contribution is 0.111. The number of rotatable bonds is 4. The summed E-state index contributed by atoms with van der Waals surface area (Å²) in [6.07, 6.45) is 0.759. The highest BCUT2D eigenvalue weighted by atomic mass is 16.1. The smallest absolute Gasteiger partial charge is 0.172 e. The van der Waals surface area contributed by atoms with Crippen LogP contribution in [0.1, 0.15) is 16.1 Å². The van der Waals surface area contributed by atoms with E-state index in [9.17, 15) is 4.79 Å². The molecule has 116 valence electrons. The molecule has 0 N–H and O–H groups in total. The summed E-state index contributed by atoms with van der Waals surface area (Å²) in [6.45, 7) is 0.562. The van der Waals surface area contributed by atoms with Crippen molar-refractivity contribution in [2.75, 3.05) is 0 Å². The topological polar surface area (TPSA) is 47.8 Å². The molecule has 4 nitrogen and oxygen atoms in total. The van der Waals surface area contributed by atoms with Crippen LogP contribution in [-0.4, -0.2) is 21.3 Å². The van der Waals surface area contributed by atoms with E-state index in [0.29, 0.717) is 12.2 Å². The number of aldehydes is 1. The predicted octanol–water partition coefficient (Wildman–Crippen LogP) is 3.96. The average Bonchev–Trinajstić information content (AvgIpc) is 3.05. The number of carbonyl (C=O) groups is 1. The molecule has 0 aliphatic carbocycles. The Morgan fingerprint density at radius 1 is 0.875 bits per heavy atom. The minimum absolute atomic E-state index is 0.362. The van der Waals surface area contributed by atoms with Crippen molar-refractivity contribution in [1.82, 2.24) is 15.0 Å². The first kappa shape index (κ1) is 14.3. The molecule has 0 unspecified atom stereocenters. The fraction of sp³-hybridized carbons (Fsp3) is 0.0500. The lowest BCUT2D eigenvalue weighted by Gasteiger charge is -2.10. The van der Waals surface area contributed by atoms with E-state index < -0.39 is 0 Å². The monoisotopic (exact) mass is 313 g/mol. The zero-order valence-electron chi connectivity index (χ0n) is 13.0. The van der Waals surface area contributed by atoms with Crippen LogP contribution in [0.25, 0.3) is 22.0 Å². The second kappa shape index (κ2) is 6.08. The molecular formula is C20H15N3O. The summed E-state index contributed by atoms with van der Waals surface area (Å²) in [7, 11) is 0. The number of nitrogens with zero attached hydrogens (tertiary/aromatic N) is 3. The van der Waals surface area contributed by atoms with Crippen molar-refractivity contribution in [2.24, 2.45) is 0 Å². The third-order valence-corrected chi connectivity index (χ3v) is 4.12. The zero-order chi connectivity index (χ0) is 16.4. The van der Waals surface area contributed by atoms with E-state index in [0.717, 1.165) is 23.1 Å². The van der Waals surface area contributed by atoms with Gasteiger partial charge in [-0.25, -0.2) is 4.68 Å². The number of hydrogen-bond donors (Lipinski definition) is 0. The molecule has 0 aliphatic rings. The molecule has 1 aromatic heterocycles. The van der Waals surface area contributed by atoms with Gasteiger partial charge in [-0.05, 0) is 16.3 Å². The summed E-state index contributed by atoms with van der Waals surface area (Å²) in [6, 6.07) is 24.2. The van der Waals surface area contributed by atoms with Crippen LogP contribution in [0.4, 0.5) is 0 Å². The van der Waals surface area contributed by atoms with Gasteiger partial charge in [0.25, 0.3) is 0 Å². The molecule has 0 atom stereocenters. The van der Waals surface area contributed by atoms with Gasteiger partial charge in [-0.3, -0.25) is 4.79 Å². The second-order valence-corrected chi connectivity index (χ2v) is 5.60. The van der Waals surface area contributed by atoms with Crippen LogP contribution in [0, 0.1) is 0 Å². The van der Waals surface area contributed by atoms with Crippen molar-refractivity contribution in [1.29, 1.82) is 0 Å². The minimum Gasteiger partial charge on any atom is -0.296 e. The standard InChI is InChI=1S/C20H15N3O/c24-14-19-20(16-8-2-1-3-9-16)23(22-21-19)13-17-11-6-10-15-7-4-5-12-18(15)17/h1-12,14H,13H2. The Hall–Kier alpha value is -3.27. The van der Waals surface area contributed by atoms with Gasteiger partial charge in [-0.1, -0.05) is 78.0 Å². The Balaban J connectivity index is 1.83. The van der Waals surface area contributed by atoms with Crippen LogP contribution in [0.3, 0.4) is 0 Å². The van der Waals surface area contributed by atoms with Crippen LogP contribution in [-0.2, 0) is 6.54 Å². The second-order valence-electron chi connectivity index (χ2n) is 5.60. The van der Waals surface area contributed by atoms with Gasteiger partial charge in [0.2, 0.25) is 0 Å². The number of carbonyl (C=O) groups excluding carboxylic acids is 1. The normalized spacial score (nSPS) is 10.8. The molecule has 0 saturated carbocycles. The highest BCUT2D eigenvalue weighted by Gasteiger charge is 2.15. The minimum atomic E-state index is 0.362. The highest BCUT2D eigenvalue weighted by molar-refractivity contribution is 5.86. The fourth-order valence-corrected chi connectivity index (χ4v) is 3.00. The van der Waals surface area contributed by atoms with Crippen LogP contribution in [0.15, 0.2) is 72.8 Å². The maximum atomic E-state index is 11.4. The fourth-order valence-electron chi connectivity index (χ4n) is 3.00. The van der Waals surface area contributed by atoms with E-state index in [-0.39, 0.29) is 0 Å². The predicted molar refractivity (Wildman–Crippen MR) is 93.9 cm³/mol. The first-order valence-electron chi connectivity index (χ1n) is 7.77. The molecule has 0 saturated heterocycles. The van der Waals surface area contributed by atoms with E-state index in [1.165, 1.54) is 10.8 Å². The Bertz CT molecular complexity index is 1000. The summed E-state index contributed by atoms with van der Waals surface area (Å²) in [5, 5.41) is 10.6. The molecule has 1 heterocycles. The molecule has 4 heteroatoms. The Morgan fingerprint density at radius 3 is 2.46 bits per heavy atom. The maximum Gasteiger partial charge on any atom is 0.172 e. The third kappa shape index (κ3) is 2.48. The summed E-state index contributed by atoms with van der Waals surface area (Å²) < 4.78 is 1.79. The summed E-state index contributed by atoms with van der Waals surface area (Å²) >= 11 is 0. The van der Waals surface area contributed by atoms with E-state index in [1.807, 2.05) is 48.5 Å². The van der Waals surface area contributed by atoms with E-state index in [2.05, 4.69) is 34.6 Å². The summed E-state index contributed by atoms with van der Waals surface area (Å²) in [4.78, 5) is 11.4. The number of benzene rings is 3. The van der Waals surface area contributed by atoms with Crippen LogP contribution >= 0.6 is 0 Å². The van der Waals surface area contributed by atoms with Gasteiger partial charge in [0.1, 0.15) is 0 Å². The van der Waals surface area contributed by atoms with Gasteiger partial charge in [0.15, 0.2) is 12.0 Å². The van der Waals surface area contributed by atoms with Crippen LogP contribution < -0.4 is 0 Å². The average molecular weight is 313 g/mol. The Labute approximate surface area is 139 Å². The van der Waals surface area contributed by atoms with Crippen molar-refractivity contribution < 1.29 is 4.79 Å². The summed E-state index contributed by atoms with van der Waals surface area (Å²) in [5.74, 6) is 0. The number of fused-ring (bicyclic) bond motifs is 1. The van der Waals surface area contributed by atoms with Gasteiger partial charge < -0.3 is 0 Å². The van der Waals surface area contributed by atoms with Gasteiger partial charge in [0.05, 0.1) is 12.2 Å². The lowest BCUT2D eigenvalue weighted by atomic mass is 10.0. The van der Waals surface area contributed by atoms with E-state index in [1.54, 1.807) is 4.68 Å². The van der Waals surface area contributed by atoms with Gasteiger partial charge in [0, 0.05) is 5.56 Å². The van der Waals surface area contributed by atoms with Gasteiger partial charge in [-0.2, -0.15) is 0 Å². The first-order valence-corrected chi connectivity index (χ1v) is 7.77. The molecule has 0 aliphatic heterocycles. The Morgan fingerprint density at radius 2 is 1.62 bits per heavy atom. The molecule has 0 radical (unpaired) electrons. The SMILES string of the molecule is O=Cc1nnn(Cc2cccc3ccccc23)c1-c1ccccc1. The number of hydrogen-bond acceptors (Lipinski definition) is 3. The quantitative estimate of drug-likeness (QED) is 0.536. The molecule has 4 aromatic rings.